The van der Waals surface area contributed by atoms with E-state index in [1.807, 2.05) is 0 Å². The van der Waals surface area contributed by atoms with Crippen LogP contribution in [0.15, 0.2) is 30.3 Å². The van der Waals surface area contributed by atoms with Crippen LogP contribution in [0.3, 0.4) is 0 Å². The van der Waals surface area contributed by atoms with Gasteiger partial charge in [-0.25, -0.2) is 27.1 Å². The van der Waals surface area contributed by atoms with E-state index in [4.69, 9.17) is 13.3 Å². The number of carbonyl (C=O) groups is 1. The van der Waals surface area contributed by atoms with E-state index in [-0.39, 0.29) is 16.8 Å². The number of carboxylic acids is 1. The molecular formula is C22H28FN3O6S. The predicted molar refractivity (Wildman–Crippen MR) is 123 cm³/mol. The van der Waals surface area contributed by atoms with Crippen molar-refractivity contribution in [3.8, 4) is 11.3 Å². The van der Waals surface area contributed by atoms with Crippen molar-refractivity contribution in [1.82, 2.24) is 9.97 Å². The summed E-state index contributed by atoms with van der Waals surface area (Å²) in [5, 5.41) is 29.0. The number of rotatable bonds is 10. The number of aliphatic hydroxyl groups excluding tert-OH is 2. The Bertz CT molecular complexity index is 1310. The number of anilines is 1. The van der Waals surface area contributed by atoms with Crippen LogP contribution >= 0.6 is 0 Å². The standard InChI is InChI=1S/C22H28FN3O6S/c1-13(2)20-18(10-9-16(27)11-17(28)12-19(29)30)21(14-5-7-15(23)8-6-14)25-22(24-20)26(3)33(4,31)32/h5-10,13,16-17,27-28H,11-12H2,1-4H3,(H,29,30)/b10-9+/t16-,17-/m1/s1/i1D3,2D3. The van der Waals surface area contributed by atoms with E-state index in [9.17, 15) is 27.8 Å². The van der Waals surface area contributed by atoms with Crippen LogP contribution < -0.4 is 4.31 Å². The van der Waals surface area contributed by atoms with Gasteiger partial charge in [0.05, 0.1) is 36.3 Å². The summed E-state index contributed by atoms with van der Waals surface area (Å²) in [5.41, 5.74) is -0.850. The highest BCUT2D eigenvalue weighted by Crippen LogP contribution is 2.31. The molecule has 1 heterocycles. The second kappa shape index (κ2) is 10.8. The third-order valence-electron chi connectivity index (χ3n) is 4.54. The summed E-state index contributed by atoms with van der Waals surface area (Å²) in [6.45, 7) is -6.33. The monoisotopic (exact) mass is 487 g/mol. The number of carboxylic acid groups (broad SMARTS) is 1. The van der Waals surface area contributed by atoms with Gasteiger partial charge >= 0.3 is 5.97 Å². The maximum absolute atomic E-state index is 13.7. The van der Waals surface area contributed by atoms with E-state index >= 15 is 0 Å². The molecule has 0 unspecified atom stereocenters. The van der Waals surface area contributed by atoms with Gasteiger partial charge in [0.1, 0.15) is 5.82 Å². The molecule has 0 fully saturated rings. The average molecular weight is 488 g/mol. The SMILES string of the molecule is [2H]C([2H])([2H])C(c1nc(N(C)S(C)(=O)=O)nc(-c2ccc(F)cc2)c1/C=C/[C@@H](O)C[C@@H](O)CC(=O)O)C([2H])([2H])[2H]. The number of aliphatic carboxylic acids is 1. The van der Waals surface area contributed by atoms with Crippen molar-refractivity contribution in [2.24, 2.45) is 0 Å². The molecule has 0 saturated carbocycles. The van der Waals surface area contributed by atoms with Gasteiger partial charge in [0.25, 0.3) is 0 Å². The number of halogens is 1. The molecule has 11 heteroatoms. The van der Waals surface area contributed by atoms with Gasteiger partial charge in [-0.3, -0.25) is 4.79 Å². The molecule has 2 atom stereocenters. The van der Waals surface area contributed by atoms with E-state index in [1.165, 1.54) is 12.1 Å². The highest BCUT2D eigenvalue weighted by Gasteiger charge is 2.22. The lowest BCUT2D eigenvalue weighted by Gasteiger charge is -2.20. The molecule has 0 aliphatic carbocycles. The molecule has 0 amide bonds. The van der Waals surface area contributed by atoms with Crippen molar-refractivity contribution in [2.75, 3.05) is 17.6 Å². The molecule has 0 aliphatic heterocycles. The minimum Gasteiger partial charge on any atom is -0.481 e. The number of aliphatic hydroxyl groups is 2. The third-order valence-corrected chi connectivity index (χ3v) is 5.70. The van der Waals surface area contributed by atoms with Crippen LogP contribution in [0.25, 0.3) is 17.3 Å². The van der Waals surface area contributed by atoms with Crippen molar-refractivity contribution in [2.45, 2.75) is 44.7 Å². The zero-order valence-electron chi connectivity index (χ0n) is 23.8. The van der Waals surface area contributed by atoms with Crippen molar-refractivity contribution in [1.29, 1.82) is 0 Å². The van der Waals surface area contributed by atoms with Crippen LogP contribution in [0.1, 0.15) is 51.9 Å². The highest BCUT2D eigenvalue weighted by atomic mass is 32.2. The fraction of sp³-hybridized carbons (Fsp3) is 0.409. The Kier molecular flexibility index (Phi) is 6.07. The van der Waals surface area contributed by atoms with E-state index in [0.29, 0.717) is 4.31 Å². The van der Waals surface area contributed by atoms with Crippen molar-refractivity contribution in [3.05, 3.63) is 47.4 Å². The van der Waals surface area contributed by atoms with Gasteiger partial charge in [0, 0.05) is 32.8 Å². The molecule has 0 radical (unpaired) electrons. The van der Waals surface area contributed by atoms with Crippen molar-refractivity contribution >= 4 is 28.0 Å². The molecule has 2 aromatic rings. The molecule has 1 aromatic heterocycles. The first kappa shape index (κ1) is 18.5. The fourth-order valence-electron chi connectivity index (χ4n) is 2.83. The minimum atomic E-state index is -4.00. The molecular weight excluding hydrogens is 453 g/mol. The van der Waals surface area contributed by atoms with Gasteiger partial charge in [-0.1, -0.05) is 25.9 Å². The van der Waals surface area contributed by atoms with Crippen LogP contribution in [0.4, 0.5) is 10.3 Å². The zero-order valence-corrected chi connectivity index (χ0v) is 18.6. The first-order chi connectivity index (χ1) is 17.7. The third kappa shape index (κ3) is 7.31. The summed E-state index contributed by atoms with van der Waals surface area (Å²) in [4.78, 5) is 19.1. The molecule has 33 heavy (non-hydrogen) atoms. The number of aromatic nitrogens is 2. The van der Waals surface area contributed by atoms with Gasteiger partial charge in [-0.2, -0.15) is 0 Å². The summed E-state index contributed by atoms with van der Waals surface area (Å²) < 4.78 is 86.3. The molecule has 180 valence electrons. The lowest BCUT2D eigenvalue weighted by Crippen LogP contribution is -2.27. The summed E-state index contributed by atoms with van der Waals surface area (Å²) in [7, 11) is -2.93. The topological polar surface area (TPSA) is 141 Å². The molecule has 1 aromatic carbocycles. The summed E-state index contributed by atoms with van der Waals surface area (Å²) >= 11 is 0. The molecule has 0 bridgehead atoms. The molecule has 0 spiro atoms. The normalized spacial score (nSPS) is 17.4. The predicted octanol–water partition coefficient (Wildman–Crippen LogP) is 2.40. The van der Waals surface area contributed by atoms with Gasteiger partial charge in [0.2, 0.25) is 16.0 Å². The highest BCUT2D eigenvalue weighted by molar-refractivity contribution is 7.92. The average Bonchev–Trinajstić information content (AvgIpc) is 2.74. The summed E-state index contributed by atoms with van der Waals surface area (Å²) in [6, 6.07) is 4.59. The van der Waals surface area contributed by atoms with Crippen molar-refractivity contribution < 1.29 is 41.1 Å². The second-order valence-electron chi connectivity index (χ2n) is 7.26. The van der Waals surface area contributed by atoms with Gasteiger partial charge in [-0.15, -0.1) is 0 Å². The number of hydrogen-bond donors (Lipinski definition) is 3. The maximum atomic E-state index is 13.7. The first-order valence-electron chi connectivity index (χ1n) is 12.6. The summed E-state index contributed by atoms with van der Waals surface area (Å²) in [5.74, 6) is -4.74. The van der Waals surface area contributed by atoms with Gasteiger partial charge in [-0.05, 0) is 30.2 Å². The maximum Gasteiger partial charge on any atom is 0.305 e. The van der Waals surface area contributed by atoms with Crippen LogP contribution in [-0.4, -0.2) is 65.2 Å². The molecule has 9 nitrogen and oxygen atoms in total. The largest absolute Gasteiger partial charge is 0.481 e. The van der Waals surface area contributed by atoms with Crippen LogP contribution in [0.2, 0.25) is 0 Å². The Morgan fingerprint density at radius 3 is 2.42 bits per heavy atom. The Hall–Kier alpha value is -2.89. The molecule has 2 rings (SSSR count). The lowest BCUT2D eigenvalue weighted by molar-refractivity contribution is -0.139. The van der Waals surface area contributed by atoms with Crippen molar-refractivity contribution in [3.63, 3.8) is 0 Å². The number of hydrogen-bond acceptors (Lipinski definition) is 7. The molecule has 0 aliphatic rings. The number of sulfonamides is 1. The Morgan fingerprint density at radius 2 is 1.88 bits per heavy atom. The lowest BCUT2D eigenvalue weighted by atomic mass is 9.97. The second-order valence-corrected chi connectivity index (χ2v) is 9.27. The Morgan fingerprint density at radius 1 is 1.24 bits per heavy atom. The van der Waals surface area contributed by atoms with Gasteiger partial charge < -0.3 is 15.3 Å². The molecule has 0 saturated heterocycles. The minimum absolute atomic E-state index is 0.137. The van der Waals surface area contributed by atoms with Crippen LogP contribution in [-0.2, 0) is 14.8 Å². The van der Waals surface area contributed by atoms with E-state index < -0.39 is 78.1 Å². The van der Waals surface area contributed by atoms with Crippen LogP contribution in [0, 0.1) is 5.82 Å². The first-order valence-corrected chi connectivity index (χ1v) is 11.4. The van der Waals surface area contributed by atoms with E-state index in [2.05, 4.69) is 9.97 Å². The molecule has 3 N–H and O–H groups in total. The summed E-state index contributed by atoms with van der Waals surface area (Å²) in [6.07, 6.45) is -1.01. The number of nitrogens with zero attached hydrogens (tertiary/aromatic N) is 3. The zero-order chi connectivity index (χ0) is 29.9. The van der Waals surface area contributed by atoms with E-state index in [1.54, 1.807) is 0 Å². The Labute approximate surface area is 200 Å². The number of benzene rings is 1. The quantitative estimate of drug-likeness (QED) is 0.464. The smallest absolute Gasteiger partial charge is 0.305 e. The van der Waals surface area contributed by atoms with Crippen LogP contribution in [0.5, 0.6) is 0 Å². The fourth-order valence-corrected chi connectivity index (χ4v) is 3.20. The van der Waals surface area contributed by atoms with E-state index in [0.717, 1.165) is 37.6 Å². The van der Waals surface area contributed by atoms with Gasteiger partial charge in [0.15, 0.2) is 0 Å². The Balaban J connectivity index is 2.91.